The zero-order chi connectivity index (χ0) is 28.2. The molecule has 1 saturated heterocycles. The van der Waals surface area contributed by atoms with E-state index in [0.717, 1.165) is 0 Å². The fraction of sp³-hybridized carbons (Fsp3) is 0.321. The Morgan fingerprint density at radius 2 is 1.77 bits per heavy atom. The van der Waals surface area contributed by atoms with Crippen molar-refractivity contribution in [1.82, 2.24) is 20.1 Å². The van der Waals surface area contributed by atoms with Gasteiger partial charge in [-0.2, -0.15) is 0 Å². The first-order valence-electron chi connectivity index (χ1n) is 12.4. The van der Waals surface area contributed by atoms with Gasteiger partial charge in [0.25, 0.3) is 17.7 Å². The molecular formula is C28H29ClF2N4O4. The van der Waals surface area contributed by atoms with Crippen LogP contribution in [0.2, 0.25) is 5.02 Å². The lowest BCUT2D eigenvalue weighted by atomic mass is 9.99. The Bertz CT molecular complexity index is 1330. The summed E-state index contributed by atoms with van der Waals surface area (Å²) in [5.74, 6) is -5.74. The molecule has 8 nitrogen and oxygen atoms in total. The second kappa shape index (κ2) is 12.0. The maximum Gasteiger partial charge on any atom is 0.268 e. The fourth-order valence-electron chi connectivity index (χ4n) is 4.62. The maximum absolute atomic E-state index is 14.5. The highest BCUT2D eigenvalue weighted by Gasteiger charge is 2.51. The summed E-state index contributed by atoms with van der Waals surface area (Å²) < 4.78 is 30.6. The summed E-state index contributed by atoms with van der Waals surface area (Å²) in [4.78, 5) is 40.0. The van der Waals surface area contributed by atoms with Gasteiger partial charge in [0, 0.05) is 31.2 Å². The highest BCUT2D eigenvalue weighted by atomic mass is 35.5. The standard InChI is InChI=1S/C28H29ClF2N4O4/c1-34-13-7-12-22(34)26(38)33-21(14-18-8-3-2-4-9-18)24(36)27(39)35-17-28(30,31)15-23(35)25(37)32-16-19-10-5-6-11-20(19)29/h2-13,21,23-24,36H,14-17H2,1H3,(H,32,37)(H,33,38)/t21-,23-,24-/m0/s1. The van der Waals surface area contributed by atoms with Crippen LogP contribution in [0.15, 0.2) is 72.9 Å². The SMILES string of the molecule is Cn1cccc1C(=O)N[C@@H](Cc1ccccc1)[C@H](O)C(=O)N1CC(F)(F)C[C@H]1C(=O)NCc1ccccc1Cl. The van der Waals surface area contributed by atoms with E-state index in [1.165, 1.54) is 0 Å². The van der Waals surface area contributed by atoms with Crippen LogP contribution in [0.5, 0.6) is 0 Å². The van der Waals surface area contributed by atoms with Crippen molar-refractivity contribution in [2.75, 3.05) is 6.54 Å². The molecule has 0 radical (unpaired) electrons. The Balaban J connectivity index is 1.53. The smallest absolute Gasteiger partial charge is 0.268 e. The molecule has 0 unspecified atom stereocenters. The van der Waals surface area contributed by atoms with Crippen LogP contribution in [0.1, 0.15) is 28.0 Å². The first kappa shape index (κ1) is 28.3. The summed E-state index contributed by atoms with van der Waals surface area (Å²) in [6, 6.07) is 16.2. The number of benzene rings is 2. The van der Waals surface area contributed by atoms with E-state index in [4.69, 9.17) is 11.6 Å². The third-order valence-electron chi connectivity index (χ3n) is 6.69. The van der Waals surface area contributed by atoms with Crippen molar-refractivity contribution in [3.63, 3.8) is 0 Å². The van der Waals surface area contributed by atoms with Crippen LogP contribution >= 0.6 is 11.6 Å². The molecule has 0 bridgehead atoms. The lowest BCUT2D eigenvalue weighted by Gasteiger charge is -2.30. The van der Waals surface area contributed by atoms with Gasteiger partial charge in [-0.05, 0) is 35.7 Å². The number of hydrogen-bond acceptors (Lipinski definition) is 4. The number of nitrogens with one attached hydrogen (secondary N) is 2. The van der Waals surface area contributed by atoms with Gasteiger partial charge in [-0.25, -0.2) is 8.78 Å². The number of carbonyl (C=O) groups excluding carboxylic acids is 3. The molecule has 39 heavy (non-hydrogen) atoms. The number of nitrogens with zero attached hydrogens (tertiary/aromatic N) is 2. The first-order valence-corrected chi connectivity index (χ1v) is 12.8. The van der Waals surface area contributed by atoms with Gasteiger partial charge >= 0.3 is 0 Å². The number of aliphatic hydroxyl groups is 1. The number of carbonyl (C=O) groups is 3. The van der Waals surface area contributed by atoms with E-state index in [2.05, 4.69) is 10.6 Å². The average molecular weight is 559 g/mol. The van der Waals surface area contributed by atoms with Gasteiger partial charge in [-0.1, -0.05) is 60.1 Å². The van der Waals surface area contributed by atoms with Gasteiger partial charge in [-0.15, -0.1) is 0 Å². The molecule has 3 amide bonds. The van der Waals surface area contributed by atoms with E-state index in [9.17, 15) is 28.3 Å². The quantitative estimate of drug-likeness (QED) is 0.376. The van der Waals surface area contributed by atoms with Gasteiger partial charge in [-0.3, -0.25) is 14.4 Å². The van der Waals surface area contributed by atoms with Crippen LogP contribution in [0.4, 0.5) is 8.78 Å². The average Bonchev–Trinajstić information content (AvgIpc) is 3.49. The minimum atomic E-state index is -3.33. The predicted molar refractivity (Wildman–Crippen MR) is 141 cm³/mol. The van der Waals surface area contributed by atoms with Gasteiger partial charge in [0.1, 0.15) is 11.7 Å². The number of aliphatic hydroxyl groups excluding tert-OH is 1. The Morgan fingerprint density at radius 1 is 1.08 bits per heavy atom. The van der Waals surface area contributed by atoms with Crippen molar-refractivity contribution in [2.24, 2.45) is 7.05 Å². The Kier molecular flexibility index (Phi) is 8.66. The second-order valence-electron chi connectivity index (χ2n) is 9.57. The van der Waals surface area contributed by atoms with E-state index in [1.807, 2.05) is 0 Å². The minimum Gasteiger partial charge on any atom is -0.381 e. The molecule has 1 aliphatic rings. The zero-order valence-electron chi connectivity index (χ0n) is 21.2. The molecule has 11 heteroatoms. The van der Waals surface area contributed by atoms with Crippen LogP contribution < -0.4 is 10.6 Å². The summed E-state index contributed by atoms with van der Waals surface area (Å²) >= 11 is 6.12. The third-order valence-corrected chi connectivity index (χ3v) is 7.06. The van der Waals surface area contributed by atoms with E-state index in [-0.39, 0.29) is 18.7 Å². The third kappa shape index (κ3) is 6.82. The van der Waals surface area contributed by atoms with Gasteiger partial charge < -0.3 is 25.2 Å². The lowest BCUT2D eigenvalue weighted by Crippen LogP contribution is -2.56. The molecule has 3 aromatic rings. The highest BCUT2D eigenvalue weighted by molar-refractivity contribution is 6.31. The number of hydrogen-bond donors (Lipinski definition) is 3. The molecule has 2 aromatic carbocycles. The zero-order valence-corrected chi connectivity index (χ0v) is 21.9. The molecular weight excluding hydrogens is 530 g/mol. The summed E-state index contributed by atoms with van der Waals surface area (Å²) in [5.41, 5.74) is 1.58. The summed E-state index contributed by atoms with van der Waals surface area (Å²) in [5, 5.41) is 16.8. The van der Waals surface area contributed by atoms with Crippen LogP contribution in [0, 0.1) is 0 Å². The van der Waals surface area contributed by atoms with Crippen molar-refractivity contribution >= 4 is 29.3 Å². The molecule has 1 aromatic heterocycles. The molecule has 3 atom stereocenters. The second-order valence-corrected chi connectivity index (χ2v) is 9.98. The normalized spacial score (nSPS) is 17.9. The molecule has 1 fully saturated rings. The monoisotopic (exact) mass is 558 g/mol. The minimum absolute atomic E-state index is 0.0193. The summed E-state index contributed by atoms with van der Waals surface area (Å²) in [6.45, 7) is -1.05. The van der Waals surface area contributed by atoms with E-state index in [1.54, 1.807) is 84.5 Å². The van der Waals surface area contributed by atoms with Gasteiger partial charge in [0.05, 0.1) is 12.6 Å². The fourth-order valence-corrected chi connectivity index (χ4v) is 4.82. The Morgan fingerprint density at radius 3 is 2.44 bits per heavy atom. The molecule has 3 N–H and O–H groups in total. The number of alkyl halides is 2. The van der Waals surface area contributed by atoms with Crippen molar-refractivity contribution < 1.29 is 28.3 Å². The molecule has 206 valence electrons. The largest absolute Gasteiger partial charge is 0.381 e. The summed E-state index contributed by atoms with van der Waals surface area (Å²) in [7, 11) is 1.67. The van der Waals surface area contributed by atoms with Crippen molar-refractivity contribution in [2.45, 2.75) is 43.5 Å². The van der Waals surface area contributed by atoms with Crippen molar-refractivity contribution in [1.29, 1.82) is 0 Å². The van der Waals surface area contributed by atoms with Gasteiger partial charge in [0.15, 0.2) is 6.10 Å². The van der Waals surface area contributed by atoms with Crippen LogP contribution in [-0.4, -0.2) is 63.0 Å². The number of aryl methyl sites for hydroxylation is 1. The van der Waals surface area contributed by atoms with E-state index >= 15 is 0 Å². The van der Waals surface area contributed by atoms with Crippen molar-refractivity contribution in [3.05, 3.63) is 94.8 Å². The van der Waals surface area contributed by atoms with E-state index < -0.39 is 54.8 Å². The number of aromatic nitrogens is 1. The number of amides is 3. The highest BCUT2D eigenvalue weighted by Crippen LogP contribution is 2.33. The van der Waals surface area contributed by atoms with Crippen molar-refractivity contribution in [3.8, 4) is 0 Å². The number of likely N-dealkylation sites (tertiary alicyclic amines) is 1. The van der Waals surface area contributed by atoms with Gasteiger partial charge in [0.2, 0.25) is 5.91 Å². The van der Waals surface area contributed by atoms with Crippen LogP contribution in [0.3, 0.4) is 0 Å². The van der Waals surface area contributed by atoms with Crippen LogP contribution in [-0.2, 0) is 29.6 Å². The number of halogens is 3. The topological polar surface area (TPSA) is 104 Å². The first-order chi connectivity index (χ1) is 18.6. The molecule has 2 heterocycles. The molecule has 0 aliphatic carbocycles. The maximum atomic E-state index is 14.5. The molecule has 0 saturated carbocycles. The summed E-state index contributed by atoms with van der Waals surface area (Å²) in [6.07, 6.45) is -1.06. The predicted octanol–water partition coefficient (Wildman–Crippen LogP) is 2.93. The molecule has 1 aliphatic heterocycles. The molecule has 4 rings (SSSR count). The van der Waals surface area contributed by atoms with E-state index in [0.29, 0.717) is 21.0 Å². The number of rotatable bonds is 9. The van der Waals surface area contributed by atoms with Crippen LogP contribution in [0.25, 0.3) is 0 Å². The lowest BCUT2D eigenvalue weighted by molar-refractivity contribution is -0.147. The molecule has 0 spiro atoms. The Labute approximate surface area is 229 Å². The Hall–Kier alpha value is -3.76.